The summed E-state index contributed by atoms with van der Waals surface area (Å²) >= 11 is 0. The monoisotopic (exact) mass is 285 g/mol. The van der Waals surface area contributed by atoms with Gasteiger partial charge >= 0.3 is 0 Å². The normalized spacial score (nSPS) is 32.1. The number of sulfone groups is 1. The molecule has 0 aromatic rings. The molecular formula is C13H23N3O2S. The van der Waals surface area contributed by atoms with E-state index in [4.69, 9.17) is 0 Å². The molecule has 3 fully saturated rings. The van der Waals surface area contributed by atoms with Gasteiger partial charge in [0.2, 0.25) is 0 Å². The number of hydrogen-bond acceptors (Lipinski definition) is 3. The maximum absolute atomic E-state index is 11.4. The summed E-state index contributed by atoms with van der Waals surface area (Å²) in [6, 6.07) is 0.0206. The van der Waals surface area contributed by atoms with E-state index < -0.39 is 9.84 Å². The molecule has 5 nitrogen and oxygen atoms in total. The average molecular weight is 285 g/mol. The van der Waals surface area contributed by atoms with Crippen LogP contribution in [0.25, 0.3) is 0 Å². The van der Waals surface area contributed by atoms with Crippen molar-refractivity contribution >= 4 is 15.8 Å². The number of rotatable bonds is 4. The highest BCUT2D eigenvalue weighted by molar-refractivity contribution is 7.91. The van der Waals surface area contributed by atoms with Gasteiger partial charge in [0, 0.05) is 19.6 Å². The second kappa shape index (κ2) is 4.65. The second-order valence-corrected chi connectivity index (χ2v) is 8.54. The molecular weight excluding hydrogens is 262 g/mol. The maximum atomic E-state index is 11.4. The van der Waals surface area contributed by atoms with Gasteiger partial charge in [-0.3, -0.25) is 4.99 Å². The minimum Gasteiger partial charge on any atom is -0.356 e. The molecule has 1 unspecified atom stereocenters. The van der Waals surface area contributed by atoms with Crippen LogP contribution < -0.4 is 10.6 Å². The van der Waals surface area contributed by atoms with E-state index in [0.717, 1.165) is 18.4 Å². The van der Waals surface area contributed by atoms with Gasteiger partial charge in [-0.05, 0) is 43.4 Å². The van der Waals surface area contributed by atoms with Crippen molar-refractivity contribution in [2.75, 3.05) is 25.1 Å². The fourth-order valence-electron chi connectivity index (χ4n) is 3.14. The SMILES string of the molecule is CN=C(NCC1(C2CC2)CC1)NC1CCS(=O)(=O)C1. The average Bonchev–Trinajstić information content (AvgIpc) is 3.23. The van der Waals surface area contributed by atoms with E-state index in [1.807, 2.05) is 0 Å². The van der Waals surface area contributed by atoms with Crippen molar-refractivity contribution in [2.24, 2.45) is 16.3 Å². The first-order valence-electron chi connectivity index (χ1n) is 7.21. The summed E-state index contributed by atoms with van der Waals surface area (Å²) in [6.45, 7) is 0.983. The van der Waals surface area contributed by atoms with Gasteiger partial charge < -0.3 is 10.6 Å². The lowest BCUT2D eigenvalue weighted by atomic mass is 10.0. The standard InChI is InChI=1S/C13H23N3O2S/c1-14-12(16-11-4-7-19(17,18)8-11)15-9-13(5-6-13)10-2-3-10/h10-11H,2-9H2,1H3,(H2,14,15,16). The molecule has 0 aromatic heterocycles. The molecule has 0 spiro atoms. The molecule has 3 aliphatic rings. The summed E-state index contributed by atoms with van der Waals surface area (Å²) in [6.07, 6.45) is 6.12. The molecule has 19 heavy (non-hydrogen) atoms. The summed E-state index contributed by atoms with van der Waals surface area (Å²) in [5, 5.41) is 6.63. The number of hydrogen-bond donors (Lipinski definition) is 2. The number of aliphatic imine (C=N–C) groups is 1. The van der Waals surface area contributed by atoms with Crippen LogP contribution in [0.1, 0.15) is 32.1 Å². The third-order valence-electron chi connectivity index (χ3n) is 4.74. The van der Waals surface area contributed by atoms with Crippen LogP contribution in [0.3, 0.4) is 0 Å². The zero-order chi connectivity index (χ0) is 13.5. The lowest BCUT2D eigenvalue weighted by Gasteiger charge is -2.20. The fraction of sp³-hybridized carbons (Fsp3) is 0.923. The minimum atomic E-state index is -2.83. The predicted octanol–water partition coefficient (Wildman–Crippen LogP) is 0.529. The predicted molar refractivity (Wildman–Crippen MR) is 75.9 cm³/mol. The van der Waals surface area contributed by atoms with E-state index in [1.54, 1.807) is 7.05 Å². The van der Waals surface area contributed by atoms with Gasteiger partial charge in [0.15, 0.2) is 15.8 Å². The van der Waals surface area contributed by atoms with Crippen LogP contribution in [0.15, 0.2) is 4.99 Å². The largest absolute Gasteiger partial charge is 0.356 e. The van der Waals surface area contributed by atoms with Gasteiger partial charge in [0.25, 0.3) is 0 Å². The zero-order valence-electron chi connectivity index (χ0n) is 11.5. The Morgan fingerprint density at radius 2 is 2.05 bits per heavy atom. The number of nitrogens with one attached hydrogen (secondary N) is 2. The molecule has 1 aliphatic heterocycles. The van der Waals surface area contributed by atoms with E-state index in [0.29, 0.717) is 17.6 Å². The van der Waals surface area contributed by atoms with Crippen molar-refractivity contribution in [1.29, 1.82) is 0 Å². The molecule has 0 amide bonds. The highest BCUT2D eigenvalue weighted by Crippen LogP contribution is 2.60. The van der Waals surface area contributed by atoms with Gasteiger partial charge in [-0.25, -0.2) is 8.42 Å². The Bertz CT molecular complexity index is 478. The zero-order valence-corrected chi connectivity index (χ0v) is 12.3. The Balaban J connectivity index is 1.49. The van der Waals surface area contributed by atoms with E-state index in [2.05, 4.69) is 15.6 Å². The molecule has 2 aliphatic carbocycles. The molecule has 1 heterocycles. The maximum Gasteiger partial charge on any atom is 0.191 e. The summed E-state index contributed by atoms with van der Waals surface area (Å²) in [5.41, 5.74) is 0.527. The van der Waals surface area contributed by atoms with Crippen molar-refractivity contribution in [2.45, 2.75) is 38.1 Å². The Morgan fingerprint density at radius 1 is 1.32 bits per heavy atom. The Kier molecular flexibility index (Phi) is 3.23. The van der Waals surface area contributed by atoms with E-state index in [1.165, 1.54) is 25.7 Å². The molecule has 0 radical (unpaired) electrons. The Morgan fingerprint density at radius 3 is 2.53 bits per heavy atom. The first-order valence-corrected chi connectivity index (χ1v) is 9.03. The van der Waals surface area contributed by atoms with Crippen molar-refractivity contribution in [3.8, 4) is 0 Å². The molecule has 6 heteroatoms. The molecule has 108 valence electrons. The summed E-state index contributed by atoms with van der Waals surface area (Å²) in [5.74, 6) is 2.22. The van der Waals surface area contributed by atoms with E-state index in [9.17, 15) is 8.42 Å². The van der Waals surface area contributed by atoms with Gasteiger partial charge in [-0.15, -0.1) is 0 Å². The first kappa shape index (κ1) is 13.2. The van der Waals surface area contributed by atoms with Gasteiger partial charge in [-0.1, -0.05) is 0 Å². The molecule has 2 N–H and O–H groups in total. The third kappa shape index (κ3) is 3.04. The van der Waals surface area contributed by atoms with Crippen molar-refractivity contribution in [3.63, 3.8) is 0 Å². The summed E-state index contributed by atoms with van der Waals surface area (Å²) < 4.78 is 22.9. The number of guanidine groups is 1. The van der Waals surface area contributed by atoms with Crippen LogP contribution in [0.4, 0.5) is 0 Å². The van der Waals surface area contributed by atoms with Crippen molar-refractivity contribution in [3.05, 3.63) is 0 Å². The third-order valence-corrected chi connectivity index (χ3v) is 6.51. The lowest BCUT2D eigenvalue weighted by molar-refractivity contribution is 0.430. The number of nitrogens with zero attached hydrogens (tertiary/aromatic N) is 1. The van der Waals surface area contributed by atoms with Crippen LogP contribution in [0.5, 0.6) is 0 Å². The van der Waals surface area contributed by atoms with Crippen LogP contribution in [-0.2, 0) is 9.84 Å². The molecule has 1 atom stereocenters. The Labute approximate surface area is 115 Å². The molecule has 0 bridgehead atoms. The van der Waals surface area contributed by atoms with Crippen LogP contribution >= 0.6 is 0 Å². The van der Waals surface area contributed by atoms with Gasteiger partial charge in [0.05, 0.1) is 11.5 Å². The van der Waals surface area contributed by atoms with Gasteiger partial charge in [0.1, 0.15) is 0 Å². The minimum absolute atomic E-state index is 0.0206. The van der Waals surface area contributed by atoms with Gasteiger partial charge in [-0.2, -0.15) is 0 Å². The molecule has 1 saturated heterocycles. The molecule has 0 aromatic carbocycles. The molecule has 2 saturated carbocycles. The lowest BCUT2D eigenvalue weighted by Crippen LogP contribution is -2.45. The second-order valence-electron chi connectivity index (χ2n) is 6.31. The highest BCUT2D eigenvalue weighted by atomic mass is 32.2. The Hall–Kier alpha value is -0.780. The van der Waals surface area contributed by atoms with E-state index >= 15 is 0 Å². The fourth-order valence-corrected chi connectivity index (χ4v) is 4.82. The van der Waals surface area contributed by atoms with Crippen LogP contribution in [0, 0.1) is 11.3 Å². The smallest absolute Gasteiger partial charge is 0.191 e. The van der Waals surface area contributed by atoms with Crippen LogP contribution in [0.2, 0.25) is 0 Å². The topological polar surface area (TPSA) is 70.6 Å². The van der Waals surface area contributed by atoms with Crippen LogP contribution in [-0.4, -0.2) is 45.5 Å². The van der Waals surface area contributed by atoms with Crippen molar-refractivity contribution in [1.82, 2.24) is 10.6 Å². The summed E-state index contributed by atoms with van der Waals surface area (Å²) in [7, 11) is -1.08. The highest BCUT2D eigenvalue weighted by Gasteiger charge is 2.53. The first-order chi connectivity index (χ1) is 9.03. The quantitative estimate of drug-likeness (QED) is 0.584. The summed E-state index contributed by atoms with van der Waals surface area (Å²) in [4.78, 5) is 4.21. The van der Waals surface area contributed by atoms with Crippen molar-refractivity contribution < 1.29 is 8.42 Å². The van der Waals surface area contributed by atoms with E-state index in [-0.39, 0.29) is 11.8 Å². The molecule has 3 rings (SSSR count).